The second-order valence-corrected chi connectivity index (χ2v) is 5.97. The number of amides is 1. The summed E-state index contributed by atoms with van der Waals surface area (Å²) in [6, 6.07) is 4.44. The van der Waals surface area contributed by atoms with Gasteiger partial charge in [-0.2, -0.15) is 0 Å². The first-order chi connectivity index (χ1) is 9.81. The molecule has 8 nitrogen and oxygen atoms in total. The lowest BCUT2D eigenvalue weighted by molar-refractivity contribution is 0.101. The van der Waals surface area contributed by atoms with E-state index >= 15 is 0 Å². The number of carbonyl (C=O) groups is 1. The van der Waals surface area contributed by atoms with Crippen LogP contribution < -0.4 is 10.5 Å². The highest BCUT2D eigenvalue weighted by Crippen LogP contribution is 2.19. The molecule has 0 aliphatic heterocycles. The van der Waals surface area contributed by atoms with Crippen molar-refractivity contribution < 1.29 is 13.2 Å². The number of carbonyl (C=O) groups excluding carboxylic acids is 1. The van der Waals surface area contributed by atoms with Crippen molar-refractivity contribution in [2.45, 2.75) is 25.2 Å². The van der Waals surface area contributed by atoms with E-state index in [2.05, 4.69) is 20.5 Å². The van der Waals surface area contributed by atoms with Crippen LogP contribution >= 0.6 is 0 Å². The van der Waals surface area contributed by atoms with Gasteiger partial charge >= 0.3 is 0 Å². The highest BCUT2D eigenvalue weighted by Gasteiger charge is 2.15. The van der Waals surface area contributed by atoms with Crippen molar-refractivity contribution in [3.8, 4) is 0 Å². The van der Waals surface area contributed by atoms with Crippen LogP contribution in [0.15, 0.2) is 23.1 Å². The summed E-state index contributed by atoms with van der Waals surface area (Å²) < 4.78 is 22.9. The van der Waals surface area contributed by atoms with Crippen molar-refractivity contribution in [1.29, 1.82) is 0 Å². The summed E-state index contributed by atoms with van der Waals surface area (Å²) in [5, 5.41) is 14.1. The number of sulfonamides is 1. The number of H-pyrrole nitrogens is 1. The topological polar surface area (TPSA) is 131 Å². The van der Waals surface area contributed by atoms with Crippen LogP contribution in [0.25, 0.3) is 0 Å². The zero-order valence-corrected chi connectivity index (χ0v) is 12.4. The van der Waals surface area contributed by atoms with Gasteiger partial charge in [0.25, 0.3) is 5.91 Å². The summed E-state index contributed by atoms with van der Waals surface area (Å²) in [5.74, 6) is 0.0500. The molecule has 0 aliphatic rings. The molecule has 4 N–H and O–H groups in total. The number of hydrogen-bond donors (Lipinski definition) is 3. The molecule has 0 radical (unpaired) electrons. The van der Waals surface area contributed by atoms with E-state index in [9.17, 15) is 13.2 Å². The quantitative estimate of drug-likeness (QED) is 0.760. The molecule has 0 aliphatic carbocycles. The van der Waals surface area contributed by atoms with Gasteiger partial charge in [-0.05, 0) is 24.6 Å². The molecule has 112 valence electrons. The van der Waals surface area contributed by atoms with E-state index in [-0.39, 0.29) is 10.7 Å². The van der Waals surface area contributed by atoms with E-state index < -0.39 is 15.9 Å². The van der Waals surface area contributed by atoms with Crippen molar-refractivity contribution in [2.75, 3.05) is 5.32 Å². The summed E-state index contributed by atoms with van der Waals surface area (Å²) in [5.41, 5.74) is 0.805. The largest absolute Gasteiger partial charge is 0.319 e. The van der Waals surface area contributed by atoms with Crippen molar-refractivity contribution in [1.82, 2.24) is 15.2 Å². The molecule has 1 heterocycles. The monoisotopic (exact) mass is 309 g/mol. The number of nitrogens with zero attached hydrogens (tertiary/aromatic N) is 2. The van der Waals surface area contributed by atoms with Gasteiger partial charge in [0.05, 0.1) is 4.90 Å². The van der Waals surface area contributed by atoms with Crippen molar-refractivity contribution >= 4 is 21.6 Å². The molecule has 2 rings (SSSR count). The molecule has 21 heavy (non-hydrogen) atoms. The van der Waals surface area contributed by atoms with Gasteiger partial charge in [-0.3, -0.25) is 9.89 Å². The van der Waals surface area contributed by atoms with Gasteiger partial charge in [0.2, 0.25) is 15.8 Å². The van der Waals surface area contributed by atoms with Gasteiger partial charge in [-0.15, -0.1) is 5.10 Å². The smallest absolute Gasteiger partial charge is 0.295 e. The third kappa shape index (κ3) is 3.44. The van der Waals surface area contributed by atoms with Gasteiger partial charge < -0.3 is 5.32 Å². The molecular weight excluding hydrogens is 294 g/mol. The average Bonchev–Trinajstić information content (AvgIpc) is 2.88. The molecule has 1 amide bonds. The van der Waals surface area contributed by atoms with Crippen molar-refractivity contribution in [3.05, 3.63) is 35.4 Å². The third-order valence-electron chi connectivity index (χ3n) is 2.82. The fraction of sp³-hybridized carbons (Fsp3) is 0.250. The molecule has 0 atom stereocenters. The lowest BCUT2D eigenvalue weighted by atomic mass is 10.2. The van der Waals surface area contributed by atoms with Crippen LogP contribution in [-0.4, -0.2) is 29.5 Å². The second-order valence-electron chi connectivity index (χ2n) is 4.44. The Kier molecular flexibility index (Phi) is 4.05. The highest BCUT2D eigenvalue weighted by molar-refractivity contribution is 7.89. The number of aryl methyl sites for hydroxylation is 2. The zero-order chi connectivity index (χ0) is 15.6. The van der Waals surface area contributed by atoms with E-state index in [4.69, 9.17) is 5.14 Å². The van der Waals surface area contributed by atoms with Crippen LogP contribution in [-0.2, 0) is 16.4 Å². The number of aromatic nitrogens is 3. The van der Waals surface area contributed by atoms with Crippen LogP contribution in [0.5, 0.6) is 0 Å². The van der Waals surface area contributed by atoms with E-state index in [1.165, 1.54) is 6.07 Å². The SMILES string of the molecule is CCc1nc(C(=O)Nc2ccc(C)c(S(N)(=O)=O)c2)n[nH]1. The number of benzene rings is 1. The number of primary sulfonamides is 1. The van der Waals surface area contributed by atoms with Crippen LogP contribution in [0.3, 0.4) is 0 Å². The predicted octanol–water partition coefficient (Wildman–Crippen LogP) is 0.575. The molecule has 0 bridgehead atoms. The van der Waals surface area contributed by atoms with Gasteiger partial charge in [-0.1, -0.05) is 13.0 Å². The molecule has 0 unspecified atom stereocenters. The zero-order valence-electron chi connectivity index (χ0n) is 11.5. The molecule has 0 spiro atoms. The maximum atomic E-state index is 12.0. The number of hydrogen-bond acceptors (Lipinski definition) is 5. The molecule has 9 heteroatoms. The van der Waals surface area contributed by atoms with Gasteiger partial charge in [-0.25, -0.2) is 18.5 Å². The Morgan fingerprint density at radius 1 is 1.43 bits per heavy atom. The molecule has 0 saturated heterocycles. The summed E-state index contributed by atoms with van der Waals surface area (Å²) in [6.07, 6.45) is 0.625. The molecular formula is C12H15N5O3S. The minimum Gasteiger partial charge on any atom is -0.319 e. The number of nitrogens with one attached hydrogen (secondary N) is 2. The van der Waals surface area contributed by atoms with Crippen molar-refractivity contribution in [2.24, 2.45) is 5.14 Å². The average molecular weight is 309 g/mol. The first-order valence-corrected chi connectivity index (χ1v) is 7.72. The molecule has 0 fully saturated rings. The lowest BCUT2D eigenvalue weighted by Crippen LogP contribution is -2.16. The van der Waals surface area contributed by atoms with Crippen LogP contribution in [0.2, 0.25) is 0 Å². The lowest BCUT2D eigenvalue weighted by Gasteiger charge is -2.07. The molecule has 1 aromatic heterocycles. The van der Waals surface area contributed by atoms with Gasteiger partial charge in [0, 0.05) is 12.1 Å². The minimum absolute atomic E-state index is 0.00965. The van der Waals surface area contributed by atoms with Crippen LogP contribution in [0.1, 0.15) is 28.9 Å². The third-order valence-corrected chi connectivity index (χ3v) is 3.88. The first-order valence-electron chi connectivity index (χ1n) is 6.17. The molecule has 1 aromatic carbocycles. The van der Waals surface area contributed by atoms with Gasteiger partial charge in [0.1, 0.15) is 5.82 Å². The standard InChI is InChI=1S/C12H15N5O3S/c1-3-10-15-11(17-16-10)12(18)14-8-5-4-7(2)9(6-8)21(13,19)20/h4-6H,3H2,1-2H3,(H,14,18)(H2,13,19,20)(H,15,16,17). The second kappa shape index (κ2) is 5.62. The Hall–Kier alpha value is -2.26. The van der Waals surface area contributed by atoms with E-state index in [1.807, 2.05) is 6.92 Å². The first kappa shape index (κ1) is 15.1. The summed E-state index contributed by atoms with van der Waals surface area (Å²) >= 11 is 0. The number of nitrogens with two attached hydrogens (primary N) is 1. The fourth-order valence-corrected chi connectivity index (χ4v) is 2.53. The summed E-state index contributed by atoms with van der Waals surface area (Å²) in [4.78, 5) is 15.9. The summed E-state index contributed by atoms with van der Waals surface area (Å²) in [7, 11) is -3.84. The Labute approximate surface area is 121 Å². The number of rotatable bonds is 4. The van der Waals surface area contributed by atoms with Gasteiger partial charge in [0.15, 0.2) is 0 Å². The minimum atomic E-state index is -3.84. The predicted molar refractivity (Wildman–Crippen MR) is 76.3 cm³/mol. The van der Waals surface area contributed by atoms with E-state index in [1.54, 1.807) is 19.1 Å². The highest BCUT2D eigenvalue weighted by atomic mass is 32.2. The molecule has 0 saturated carbocycles. The van der Waals surface area contributed by atoms with E-state index in [0.29, 0.717) is 23.5 Å². The van der Waals surface area contributed by atoms with Crippen molar-refractivity contribution in [3.63, 3.8) is 0 Å². The Bertz CT molecular complexity index is 782. The maximum absolute atomic E-state index is 12.0. The summed E-state index contributed by atoms with van der Waals surface area (Å²) in [6.45, 7) is 3.49. The number of aromatic amines is 1. The number of anilines is 1. The van der Waals surface area contributed by atoms with E-state index in [0.717, 1.165) is 0 Å². The molecule has 2 aromatic rings. The normalized spacial score (nSPS) is 11.4. The Morgan fingerprint density at radius 2 is 2.14 bits per heavy atom. The Balaban J connectivity index is 2.26. The Morgan fingerprint density at radius 3 is 2.71 bits per heavy atom. The fourth-order valence-electron chi connectivity index (χ4n) is 1.73. The maximum Gasteiger partial charge on any atom is 0.295 e. The van der Waals surface area contributed by atoms with Crippen LogP contribution in [0, 0.1) is 6.92 Å². The van der Waals surface area contributed by atoms with Crippen LogP contribution in [0.4, 0.5) is 5.69 Å².